The van der Waals surface area contributed by atoms with Gasteiger partial charge in [-0.1, -0.05) is 0 Å². The Morgan fingerprint density at radius 1 is 1.67 bits per heavy atom. The van der Waals surface area contributed by atoms with Gasteiger partial charge in [-0.25, -0.2) is 18.6 Å². The number of esters is 1. The molecule has 1 aromatic heterocycles. The standard InChI is InChI=1S/C9H5F2N3O4/c1-18-9(15)6-7(14(16)17)4(3-12)2-5(13-6)8(10)11/h2,8H,1H3. The molecule has 0 aliphatic rings. The first-order chi connectivity index (χ1) is 8.42. The van der Waals surface area contributed by atoms with Crippen LogP contribution in [-0.2, 0) is 4.74 Å². The van der Waals surface area contributed by atoms with Crippen LogP contribution in [-0.4, -0.2) is 23.0 Å². The molecule has 0 aliphatic heterocycles. The zero-order valence-electron chi connectivity index (χ0n) is 8.89. The molecule has 1 aromatic rings. The van der Waals surface area contributed by atoms with Crippen molar-refractivity contribution in [3.63, 3.8) is 0 Å². The molecule has 0 bridgehead atoms. The summed E-state index contributed by atoms with van der Waals surface area (Å²) in [7, 11) is 0.912. The number of rotatable bonds is 3. The molecule has 1 heterocycles. The molecule has 0 aliphatic carbocycles. The van der Waals surface area contributed by atoms with Gasteiger partial charge in [0.1, 0.15) is 17.3 Å². The number of pyridine rings is 1. The van der Waals surface area contributed by atoms with Crippen LogP contribution in [0.5, 0.6) is 0 Å². The van der Waals surface area contributed by atoms with E-state index >= 15 is 0 Å². The number of carbonyl (C=O) groups excluding carboxylic acids is 1. The van der Waals surface area contributed by atoms with E-state index in [0.29, 0.717) is 6.07 Å². The maximum absolute atomic E-state index is 12.5. The lowest BCUT2D eigenvalue weighted by Crippen LogP contribution is -2.12. The Bertz CT molecular complexity index is 553. The summed E-state index contributed by atoms with van der Waals surface area (Å²) in [6.07, 6.45) is -3.07. The fraction of sp³-hybridized carbons (Fsp3) is 0.222. The van der Waals surface area contributed by atoms with Crippen molar-refractivity contribution in [3.8, 4) is 6.07 Å². The molecule has 0 N–H and O–H groups in total. The number of alkyl halides is 2. The molecule has 0 amide bonds. The Morgan fingerprint density at radius 2 is 2.28 bits per heavy atom. The van der Waals surface area contributed by atoms with E-state index in [0.717, 1.165) is 7.11 Å². The number of hydrogen-bond donors (Lipinski definition) is 0. The van der Waals surface area contributed by atoms with Gasteiger partial charge in [0.2, 0.25) is 5.69 Å². The van der Waals surface area contributed by atoms with Gasteiger partial charge < -0.3 is 4.74 Å². The van der Waals surface area contributed by atoms with Crippen molar-refractivity contribution in [1.82, 2.24) is 4.98 Å². The molecule has 0 saturated carbocycles. The minimum absolute atomic E-state index is 0.565. The summed E-state index contributed by atoms with van der Waals surface area (Å²) in [6, 6.07) is 1.93. The lowest BCUT2D eigenvalue weighted by molar-refractivity contribution is -0.385. The number of methoxy groups -OCH3 is 1. The van der Waals surface area contributed by atoms with Crippen molar-refractivity contribution < 1.29 is 23.2 Å². The third-order valence-electron chi connectivity index (χ3n) is 1.92. The number of halogens is 2. The van der Waals surface area contributed by atoms with Crippen LogP contribution in [0.15, 0.2) is 6.07 Å². The maximum atomic E-state index is 12.5. The van der Waals surface area contributed by atoms with Crippen LogP contribution in [0.2, 0.25) is 0 Å². The number of nitriles is 1. The topological polar surface area (TPSA) is 106 Å². The highest BCUT2D eigenvalue weighted by Gasteiger charge is 2.30. The van der Waals surface area contributed by atoms with Crippen LogP contribution in [0.1, 0.15) is 28.2 Å². The minimum Gasteiger partial charge on any atom is -0.464 e. The van der Waals surface area contributed by atoms with E-state index in [4.69, 9.17) is 5.26 Å². The largest absolute Gasteiger partial charge is 0.464 e. The summed E-state index contributed by atoms with van der Waals surface area (Å²) >= 11 is 0. The summed E-state index contributed by atoms with van der Waals surface area (Å²) in [5.74, 6) is -1.26. The zero-order chi connectivity index (χ0) is 13.9. The average molecular weight is 257 g/mol. The van der Waals surface area contributed by atoms with Crippen molar-refractivity contribution in [1.29, 1.82) is 5.26 Å². The normalized spacial score (nSPS) is 9.94. The number of ether oxygens (including phenoxy) is 1. The van der Waals surface area contributed by atoms with Crippen molar-refractivity contribution in [3.05, 3.63) is 33.1 Å². The lowest BCUT2D eigenvalue weighted by atomic mass is 10.1. The molecule has 94 valence electrons. The summed E-state index contributed by atoms with van der Waals surface area (Å²) in [4.78, 5) is 24.1. The van der Waals surface area contributed by atoms with Crippen molar-refractivity contribution in [2.24, 2.45) is 0 Å². The van der Waals surface area contributed by atoms with Crippen LogP contribution in [0, 0.1) is 21.4 Å². The second-order valence-corrected chi connectivity index (χ2v) is 2.95. The molecule has 9 heteroatoms. The highest BCUT2D eigenvalue weighted by atomic mass is 19.3. The molecule has 0 fully saturated rings. The molecule has 0 atom stereocenters. The van der Waals surface area contributed by atoms with Crippen molar-refractivity contribution >= 4 is 11.7 Å². The smallest absolute Gasteiger partial charge is 0.363 e. The van der Waals surface area contributed by atoms with Crippen LogP contribution < -0.4 is 0 Å². The number of hydrogen-bond acceptors (Lipinski definition) is 6. The van der Waals surface area contributed by atoms with Gasteiger partial charge in [0.05, 0.1) is 12.0 Å². The predicted octanol–water partition coefficient (Wildman–Crippen LogP) is 1.59. The van der Waals surface area contributed by atoms with Gasteiger partial charge in [0, 0.05) is 0 Å². The Kier molecular flexibility index (Phi) is 3.83. The van der Waals surface area contributed by atoms with Crippen LogP contribution >= 0.6 is 0 Å². The first-order valence-electron chi connectivity index (χ1n) is 4.38. The van der Waals surface area contributed by atoms with Crippen LogP contribution in [0.4, 0.5) is 14.5 Å². The second kappa shape index (κ2) is 5.13. The van der Waals surface area contributed by atoms with Gasteiger partial charge in [-0.15, -0.1) is 0 Å². The molecular weight excluding hydrogens is 252 g/mol. The van der Waals surface area contributed by atoms with E-state index in [2.05, 4.69) is 9.72 Å². The average Bonchev–Trinajstić information content (AvgIpc) is 2.35. The number of carbonyl (C=O) groups is 1. The number of nitrogens with zero attached hydrogens (tertiary/aromatic N) is 3. The molecule has 7 nitrogen and oxygen atoms in total. The molecule has 0 aromatic carbocycles. The van der Waals surface area contributed by atoms with E-state index in [-0.39, 0.29) is 0 Å². The van der Waals surface area contributed by atoms with Gasteiger partial charge in [-0.3, -0.25) is 10.1 Å². The van der Waals surface area contributed by atoms with E-state index in [1.54, 1.807) is 0 Å². The number of aromatic nitrogens is 1. The summed E-state index contributed by atoms with van der Waals surface area (Å²) in [5.41, 5.74) is -3.45. The van der Waals surface area contributed by atoms with E-state index in [1.807, 2.05) is 0 Å². The molecule has 1 rings (SSSR count). The number of nitro groups is 1. The Balaban J connectivity index is 3.63. The van der Waals surface area contributed by atoms with E-state index < -0.39 is 40.0 Å². The van der Waals surface area contributed by atoms with Gasteiger partial charge >= 0.3 is 11.7 Å². The monoisotopic (exact) mass is 257 g/mol. The van der Waals surface area contributed by atoms with Crippen LogP contribution in [0.25, 0.3) is 0 Å². The van der Waals surface area contributed by atoms with E-state index in [9.17, 15) is 23.7 Å². The summed E-state index contributed by atoms with van der Waals surface area (Å²) in [5, 5.41) is 19.4. The summed E-state index contributed by atoms with van der Waals surface area (Å²) < 4.78 is 29.1. The molecule has 18 heavy (non-hydrogen) atoms. The molecule has 0 spiro atoms. The van der Waals surface area contributed by atoms with Gasteiger partial charge in [0.15, 0.2) is 0 Å². The maximum Gasteiger partial charge on any atom is 0.363 e. The zero-order valence-corrected chi connectivity index (χ0v) is 8.89. The second-order valence-electron chi connectivity index (χ2n) is 2.95. The first-order valence-corrected chi connectivity index (χ1v) is 4.38. The van der Waals surface area contributed by atoms with Crippen LogP contribution in [0.3, 0.4) is 0 Å². The Labute approximate surface area is 98.8 Å². The van der Waals surface area contributed by atoms with Crippen molar-refractivity contribution in [2.45, 2.75) is 6.43 Å². The van der Waals surface area contributed by atoms with Gasteiger partial charge in [-0.2, -0.15) is 5.26 Å². The third-order valence-corrected chi connectivity index (χ3v) is 1.92. The fourth-order valence-electron chi connectivity index (χ4n) is 1.18. The van der Waals surface area contributed by atoms with Crippen molar-refractivity contribution in [2.75, 3.05) is 7.11 Å². The molecular formula is C9H5F2N3O4. The molecule has 0 saturated heterocycles. The van der Waals surface area contributed by atoms with Gasteiger partial charge in [0.25, 0.3) is 6.43 Å². The third kappa shape index (κ3) is 2.37. The molecule has 0 radical (unpaired) electrons. The Morgan fingerprint density at radius 3 is 2.67 bits per heavy atom. The SMILES string of the molecule is COC(=O)c1nc(C(F)F)cc(C#N)c1[N+](=O)[O-]. The molecule has 0 unspecified atom stereocenters. The first kappa shape index (κ1) is 13.4. The minimum atomic E-state index is -3.07. The quantitative estimate of drug-likeness (QED) is 0.462. The highest BCUT2D eigenvalue weighted by Crippen LogP contribution is 2.27. The predicted molar refractivity (Wildman–Crippen MR) is 51.9 cm³/mol. The summed E-state index contributed by atoms with van der Waals surface area (Å²) in [6.45, 7) is 0. The lowest BCUT2D eigenvalue weighted by Gasteiger charge is -2.05. The highest BCUT2D eigenvalue weighted by molar-refractivity contribution is 5.92. The fourth-order valence-corrected chi connectivity index (χ4v) is 1.18. The van der Waals surface area contributed by atoms with Gasteiger partial charge in [-0.05, 0) is 6.07 Å². The Hall–Kier alpha value is -2.63. The van der Waals surface area contributed by atoms with E-state index in [1.165, 1.54) is 6.07 Å².